The molecule has 26 heavy (non-hydrogen) atoms. The van der Waals surface area contributed by atoms with Gasteiger partial charge >= 0.3 is 0 Å². The van der Waals surface area contributed by atoms with Crippen molar-refractivity contribution in [1.29, 1.82) is 0 Å². The van der Waals surface area contributed by atoms with E-state index in [1.54, 1.807) is 0 Å². The number of nitrogens with zero attached hydrogens (tertiary/aromatic N) is 3. The number of likely N-dealkylation sites (tertiary alicyclic amines) is 2. The Morgan fingerprint density at radius 1 is 0.808 bits per heavy atom. The van der Waals surface area contributed by atoms with Crippen LogP contribution in [0.25, 0.3) is 0 Å². The molecule has 1 saturated carbocycles. The Hall–Kier alpha value is -0.850. The van der Waals surface area contributed by atoms with Crippen molar-refractivity contribution in [3.63, 3.8) is 0 Å². The minimum atomic E-state index is -0.185. The highest BCUT2D eigenvalue weighted by atomic mass is 35.5. The van der Waals surface area contributed by atoms with Crippen LogP contribution in [0.3, 0.4) is 0 Å². The summed E-state index contributed by atoms with van der Waals surface area (Å²) < 4.78 is 0. The molecule has 3 saturated heterocycles. The molecule has 0 aromatic rings. The normalized spacial score (nSPS) is 30.6. The summed E-state index contributed by atoms with van der Waals surface area (Å²) in [6.07, 6.45) is 7.28. The fraction of sp³-hybridized carbons (Fsp3) is 0.895. The Kier molecular flexibility index (Phi) is 6.81. The first kappa shape index (κ1) is 19.9. The van der Waals surface area contributed by atoms with Gasteiger partial charge in [-0.25, -0.2) is 0 Å². The van der Waals surface area contributed by atoms with E-state index in [1.807, 2.05) is 9.80 Å². The average Bonchev–Trinajstić information content (AvgIpc) is 3.42. The second-order valence-electron chi connectivity index (χ2n) is 8.18. The molecule has 6 nitrogen and oxygen atoms in total. The van der Waals surface area contributed by atoms with E-state index in [1.165, 1.54) is 12.8 Å². The van der Waals surface area contributed by atoms with Crippen LogP contribution in [-0.2, 0) is 9.59 Å². The molecule has 3 aliphatic heterocycles. The van der Waals surface area contributed by atoms with Gasteiger partial charge in [0.1, 0.15) is 6.04 Å². The first-order chi connectivity index (χ1) is 12.2. The molecular formula is C19H33ClN4O2. The topological polar surface area (TPSA) is 55.9 Å². The maximum atomic E-state index is 13.1. The lowest BCUT2D eigenvalue weighted by molar-refractivity contribution is -0.145. The fourth-order valence-corrected chi connectivity index (χ4v) is 5.19. The Balaban J connectivity index is 0.00000196. The molecule has 0 bridgehead atoms. The lowest BCUT2D eigenvalue weighted by Crippen LogP contribution is -2.51. The summed E-state index contributed by atoms with van der Waals surface area (Å²) in [4.78, 5) is 32.4. The second kappa shape index (κ2) is 8.89. The monoisotopic (exact) mass is 384 g/mol. The van der Waals surface area contributed by atoms with E-state index in [0.29, 0.717) is 6.04 Å². The third-order valence-corrected chi connectivity index (χ3v) is 6.67. The van der Waals surface area contributed by atoms with Gasteiger partial charge in [0.05, 0.1) is 0 Å². The quantitative estimate of drug-likeness (QED) is 0.791. The summed E-state index contributed by atoms with van der Waals surface area (Å²) in [6, 6.07) is 0.321. The van der Waals surface area contributed by atoms with Gasteiger partial charge in [0.25, 0.3) is 0 Å². The third-order valence-electron chi connectivity index (χ3n) is 6.67. The Morgan fingerprint density at radius 2 is 1.54 bits per heavy atom. The summed E-state index contributed by atoms with van der Waals surface area (Å²) in [7, 11) is 0. The number of carbonyl (C=O) groups is 2. The van der Waals surface area contributed by atoms with E-state index >= 15 is 0 Å². The van der Waals surface area contributed by atoms with E-state index in [9.17, 15) is 9.59 Å². The Bertz CT molecular complexity index is 506. The van der Waals surface area contributed by atoms with E-state index in [0.717, 1.165) is 77.9 Å². The second-order valence-corrected chi connectivity index (χ2v) is 8.18. The van der Waals surface area contributed by atoms with Gasteiger partial charge in [0.15, 0.2) is 0 Å². The number of hydrogen-bond acceptors (Lipinski definition) is 4. The van der Waals surface area contributed by atoms with Crippen LogP contribution in [0.1, 0.15) is 44.9 Å². The number of nitrogens with one attached hydrogen (secondary N) is 1. The van der Waals surface area contributed by atoms with Crippen molar-refractivity contribution in [2.45, 2.75) is 57.0 Å². The SMILES string of the molecule is Cl.O=C(C1CCCN1C(=O)C1CCCC1)N1CCC(N2CCNCC2)C1. The summed E-state index contributed by atoms with van der Waals surface area (Å²) in [5.74, 6) is 0.647. The van der Waals surface area contributed by atoms with Crippen molar-refractivity contribution in [2.24, 2.45) is 5.92 Å². The van der Waals surface area contributed by atoms with Crippen molar-refractivity contribution < 1.29 is 9.59 Å². The molecule has 148 valence electrons. The lowest BCUT2D eigenvalue weighted by atomic mass is 10.1. The van der Waals surface area contributed by atoms with Gasteiger partial charge in [0.2, 0.25) is 11.8 Å². The molecule has 2 unspecified atom stereocenters. The van der Waals surface area contributed by atoms with Crippen LogP contribution in [0, 0.1) is 5.92 Å². The van der Waals surface area contributed by atoms with Crippen molar-refractivity contribution in [3.05, 3.63) is 0 Å². The minimum absolute atomic E-state index is 0. The van der Waals surface area contributed by atoms with Gasteiger partial charge in [-0.05, 0) is 32.1 Å². The zero-order chi connectivity index (χ0) is 17.2. The number of halogens is 1. The fourth-order valence-electron chi connectivity index (χ4n) is 5.19. The Labute approximate surface area is 163 Å². The minimum Gasteiger partial charge on any atom is -0.339 e. The molecule has 4 aliphatic rings. The van der Waals surface area contributed by atoms with Crippen LogP contribution >= 0.6 is 12.4 Å². The van der Waals surface area contributed by atoms with Crippen LogP contribution < -0.4 is 5.32 Å². The first-order valence-corrected chi connectivity index (χ1v) is 10.3. The standard InChI is InChI=1S/C19H32N4O2.ClH/c24-18(15-4-1-2-5-15)23-10-3-6-17(23)19(25)22-11-7-16(14-22)21-12-8-20-9-13-21;/h15-17,20H,1-14H2;1H. The van der Waals surface area contributed by atoms with Gasteiger partial charge < -0.3 is 15.1 Å². The van der Waals surface area contributed by atoms with Crippen molar-refractivity contribution in [3.8, 4) is 0 Å². The summed E-state index contributed by atoms with van der Waals surface area (Å²) >= 11 is 0. The van der Waals surface area contributed by atoms with E-state index in [2.05, 4.69) is 10.2 Å². The van der Waals surface area contributed by atoms with Crippen molar-refractivity contribution in [2.75, 3.05) is 45.8 Å². The molecular weight excluding hydrogens is 352 g/mol. The van der Waals surface area contributed by atoms with Crippen LogP contribution in [-0.4, -0.2) is 84.4 Å². The molecule has 4 rings (SSSR count). The Morgan fingerprint density at radius 3 is 2.27 bits per heavy atom. The highest BCUT2D eigenvalue weighted by molar-refractivity contribution is 5.89. The molecule has 0 aromatic heterocycles. The number of rotatable bonds is 3. The number of piperazine rings is 1. The molecule has 0 aromatic carbocycles. The molecule has 3 heterocycles. The van der Waals surface area contributed by atoms with Crippen LogP contribution in [0.15, 0.2) is 0 Å². The summed E-state index contributed by atoms with van der Waals surface area (Å²) in [6.45, 7) is 6.76. The van der Waals surface area contributed by atoms with Gasteiger partial charge in [0, 0.05) is 57.8 Å². The molecule has 1 N–H and O–H groups in total. The van der Waals surface area contributed by atoms with Crippen LogP contribution in [0.2, 0.25) is 0 Å². The van der Waals surface area contributed by atoms with Gasteiger partial charge in [-0.3, -0.25) is 14.5 Å². The van der Waals surface area contributed by atoms with Crippen molar-refractivity contribution in [1.82, 2.24) is 20.0 Å². The van der Waals surface area contributed by atoms with Crippen molar-refractivity contribution >= 4 is 24.2 Å². The van der Waals surface area contributed by atoms with Crippen LogP contribution in [0.4, 0.5) is 0 Å². The number of amides is 2. The third kappa shape index (κ3) is 4.02. The molecule has 0 radical (unpaired) electrons. The van der Waals surface area contributed by atoms with Crippen LogP contribution in [0.5, 0.6) is 0 Å². The molecule has 1 aliphatic carbocycles. The zero-order valence-electron chi connectivity index (χ0n) is 15.7. The zero-order valence-corrected chi connectivity index (χ0v) is 16.5. The molecule has 0 spiro atoms. The maximum Gasteiger partial charge on any atom is 0.245 e. The van der Waals surface area contributed by atoms with E-state index in [4.69, 9.17) is 0 Å². The lowest BCUT2D eigenvalue weighted by Gasteiger charge is -2.33. The maximum absolute atomic E-state index is 13.1. The smallest absolute Gasteiger partial charge is 0.245 e. The predicted molar refractivity (Wildman–Crippen MR) is 103 cm³/mol. The molecule has 4 fully saturated rings. The largest absolute Gasteiger partial charge is 0.339 e. The van der Waals surface area contributed by atoms with E-state index in [-0.39, 0.29) is 36.2 Å². The highest BCUT2D eigenvalue weighted by Gasteiger charge is 2.41. The van der Waals surface area contributed by atoms with Gasteiger partial charge in [-0.1, -0.05) is 12.8 Å². The molecule has 7 heteroatoms. The average molecular weight is 385 g/mol. The summed E-state index contributed by atoms with van der Waals surface area (Å²) in [5.41, 5.74) is 0. The first-order valence-electron chi connectivity index (χ1n) is 10.3. The predicted octanol–water partition coefficient (Wildman–Crippen LogP) is 1.10. The van der Waals surface area contributed by atoms with Gasteiger partial charge in [-0.2, -0.15) is 0 Å². The number of carbonyl (C=O) groups excluding carboxylic acids is 2. The van der Waals surface area contributed by atoms with Gasteiger partial charge in [-0.15, -0.1) is 12.4 Å². The molecule has 2 amide bonds. The highest BCUT2D eigenvalue weighted by Crippen LogP contribution is 2.31. The van der Waals surface area contributed by atoms with E-state index < -0.39 is 0 Å². The molecule has 2 atom stereocenters. The number of hydrogen-bond donors (Lipinski definition) is 1. The summed E-state index contributed by atoms with van der Waals surface area (Å²) in [5, 5.41) is 3.40.